The molecule has 0 radical (unpaired) electrons. The van der Waals surface area contributed by atoms with Crippen molar-refractivity contribution in [3.8, 4) is 0 Å². The Bertz CT molecular complexity index is 944. The van der Waals surface area contributed by atoms with Crippen molar-refractivity contribution in [1.29, 1.82) is 0 Å². The Morgan fingerprint density at radius 3 is 2.32 bits per heavy atom. The van der Waals surface area contributed by atoms with E-state index in [1.807, 2.05) is 18.2 Å². The molecule has 1 heterocycles. The van der Waals surface area contributed by atoms with Crippen molar-refractivity contribution in [2.75, 3.05) is 6.61 Å². The maximum absolute atomic E-state index is 14.9. The summed E-state index contributed by atoms with van der Waals surface area (Å²) in [6.45, 7) is 4.58. The minimum atomic E-state index is -0.645. The lowest BCUT2D eigenvalue weighted by molar-refractivity contribution is 0.199. The van der Waals surface area contributed by atoms with Crippen molar-refractivity contribution >= 4 is 0 Å². The molecule has 2 saturated carbocycles. The Morgan fingerprint density at radius 2 is 1.68 bits per heavy atom. The van der Waals surface area contributed by atoms with E-state index in [9.17, 15) is 13.2 Å². The van der Waals surface area contributed by atoms with Gasteiger partial charge < -0.3 is 4.74 Å². The van der Waals surface area contributed by atoms with Crippen LogP contribution in [0, 0.1) is 35.3 Å². The van der Waals surface area contributed by atoms with Crippen LogP contribution in [0.4, 0.5) is 13.2 Å². The maximum Gasteiger partial charge on any atom is 0.162 e. The van der Waals surface area contributed by atoms with E-state index in [4.69, 9.17) is 4.74 Å². The molecule has 2 unspecified atom stereocenters. The fourth-order valence-electron chi connectivity index (χ4n) is 6.60. The van der Waals surface area contributed by atoms with Gasteiger partial charge in [-0.2, -0.15) is 0 Å². The van der Waals surface area contributed by atoms with Crippen LogP contribution < -0.4 is 0 Å². The van der Waals surface area contributed by atoms with E-state index < -0.39 is 11.6 Å². The zero-order valence-electron chi connectivity index (χ0n) is 20.1. The molecule has 4 aliphatic rings. The van der Waals surface area contributed by atoms with E-state index in [0.717, 1.165) is 76.4 Å². The van der Waals surface area contributed by atoms with Crippen LogP contribution in [0.3, 0.4) is 0 Å². The zero-order valence-corrected chi connectivity index (χ0v) is 20.1. The highest BCUT2D eigenvalue weighted by Gasteiger charge is 2.34. The Hall–Kier alpha value is -1.81. The standard InChI is InChI=1S/C30H37F3O/c1-2-19-3-8-22(9-4-19)26-16-13-23(29(32)30(26)33)12-7-20-5-10-21(11-6-20)25-15-14-24(17-27(25)31)28-18-34-28/h2,13-14,16-17,19-22,25,28H,1,3-12,15,18H2. The van der Waals surface area contributed by atoms with Crippen LogP contribution in [0.5, 0.6) is 0 Å². The minimum Gasteiger partial charge on any atom is -0.368 e. The van der Waals surface area contributed by atoms with Crippen LogP contribution in [0.25, 0.3) is 0 Å². The molecule has 0 bridgehead atoms. The van der Waals surface area contributed by atoms with Gasteiger partial charge in [0, 0.05) is 5.92 Å². The minimum absolute atomic E-state index is 0.00378. The summed E-state index contributed by atoms with van der Waals surface area (Å²) in [5.41, 5.74) is 2.06. The van der Waals surface area contributed by atoms with E-state index in [-0.39, 0.29) is 23.8 Å². The number of halogens is 3. The van der Waals surface area contributed by atoms with Gasteiger partial charge in [0.05, 0.1) is 6.61 Å². The smallest absolute Gasteiger partial charge is 0.162 e. The average molecular weight is 471 g/mol. The SMILES string of the molecule is C=CC1CCC(c2ccc(CCC3CCC(C4CC=C(C5CO5)C=C4F)CC3)c(F)c2F)CC1. The van der Waals surface area contributed by atoms with E-state index in [1.165, 1.54) is 0 Å². The highest BCUT2D eigenvalue weighted by molar-refractivity contribution is 5.33. The summed E-state index contributed by atoms with van der Waals surface area (Å²) in [5, 5.41) is 0. The Balaban J connectivity index is 1.11. The van der Waals surface area contributed by atoms with Crippen molar-refractivity contribution in [2.45, 2.75) is 82.7 Å². The van der Waals surface area contributed by atoms with Crippen LogP contribution in [0.2, 0.25) is 0 Å². The monoisotopic (exact) mass is 470 g/mol. The molecule has 3 aliphatic carbocycles. The summed E-state index contributed by atoms with van der Waals surface area (Å²) in [7, 11) is 0. The summed E-state index contributed by atoms with van der Waals surface area (Å²) in [6.07, 6.45) is 16.1. The van der Waals surface area contributed by atoms with Gasteiger partial charge in [0.1, 0.15) is 11.9 Å². The first-order valence-corrected chi connectivity index (χ1v) is 13.3. The molecular formula is C30H37F3O. The third kappa shape index (κ3) is 5.22. The molecule has 0 N–H and O–H groups in total. The second-order valence-electron chi connectivity index (χ2n) is 11.0. The fraction of sp³-hybridized carbons (Fsp3) is 0.600. The molecule has 0 amide bonds. The summed E-state index contributed by atoms with van der Waals surface area (Å²) in [4.78, 5) is 0. The lowest BCUT2D eigenvalue weighted by Crippen LogP contribution is -2.24. The molecule has 1 aromatic carbocycles. The van der Waals surface area contributed by atoms with E-state index in [2.05, 4.69) is 12.7 Å². The lowest BCUT2D eigenvalue weighted by Gasteiger charge is -2.34. The first-order valence-electron chi connectivity index (χ1n) is 13.3. The number of hydrogen-bond donors (Lipinski definition) is 0. The van der Waals surface area contributed by atoms with Crippen LogP contribution in [-0.2, 0) is 11.2 Å². The van der Waals surface area contributed by atoms with Crippen molar-refractivity contribution < 1.29 is 17.9 Å². The Kier molecular flexibility index (Phi) is 7.34. The molecule has 0 aromatic heterocycles. The van der Waals surface area contributed by atoms with Crippen LogP contribution >= 0.6 is 0 Å². The average Bonchev–Trinajstić information content (AvgIpc) is 3.71. The van der Waals surface area contributed by atoms with E-state index in [0.29, 0.717) is 35.3 Å². The number of benzene rings is 1. The molecular weight excluding hydrogens is 433 g/mol. The summed E-state index contributed by atoms with van der Waals surface area (Å²) >= 11 is 0. The van der Waals surface area contributed by atoms with E-state index >= 15 is 0 Å². The number of rotatable bonds is 7. The largest absolute Gasteiger partial charge is 0.368 e. The molecule has 184 valence electrons. The second kappa shape index (κ2) is 10.4. The highest BCUT2D eigenvalue weighted by Crippen LogP contribution is 2.43. The number of hydrogen-bond acceptors (Lipinski definition) is 1. The zero-order chi connectivity index (χ0) is 23.7. The molecule has 1 saturated heterocycles. The van der Waals surface area contributed by atoms with Gasteiger partial charge in [-0.3, -0.25) is 0 Å². The van der Waals surface area contributed by atoms with Crippen molar-refractivity contribution in [2.24, 2.45) is 23.7 Å². The number of aryl methyl sites for hydroxylation is 1. The highest BCUT2D eigenvalue weighted by atomic mass is 19.2. The van der Waals surface area contributed by atoms with Crippen molar-refractivity contribution in [1.82, 2.24) is 0 Å². The molecule has 3 fully saturated rings. The quantitative estimate of drug-likeness (QED) is 0.288. The summed E-state index contributed by atoms with van der Waals surface area (Å²) < 4.78 is 49.8. The van der Waals surface area contributed by atoms with Gasteiger partial charge in [-0.15, -0.1) is 6.58 Å². The van der Waals surface area contributed by atoms with Gasteiger partial charge in [0.15, 0.2) is 11.6 Å². The molecule has 34 heavy (non-hydrogen) atoms. The third-order valence-electron chi connectivity index (χ3n) is 8.99. The molecule has 1 aromatic rings. The van der Waals surface area contributed by atoms with Gasteiger partial charge >= 0.3 is 0 Å². The van der Waals surface area contributed by atoms with Crippen LogP contribution in [0.15, 0.2) is 48.3 Å². The first-order chi connectivity index (χ1) is 16.5. The fourth-order valence-corrected chi connectivity index (χ4v) is 6.60. The lowest BCUT2D eigenvalue weighted by atomic mass is 9.72. The molecule has 2 atom stereocenters. The van der Waals surface area contributed by atoms with Crippen molar-refractivity contribution in [3.63, 3.8) is 0 Å². The summed E-state index contributed by atoms with van der Waals surface area (Å²) in [5.74, 6) is 0.267. The molecule has 4 heteroatoms. The molecule has 0 spiro atoms. The molecule has 5 rings (SSSR count). The van der Waals surface area contributed by atoms with Crippen molar-refractivity contribution in [3.05, 3.63) is 71.1 Å². The Labute approximate surface area is 202 Å². The number of allylic oxidation sites excluding steroid dienone is 3. The van der Waals surface area contributed by atoms with Gasteiger partial charge in [0.25, 0.3) is 0 Å². The molecule has 1 nitrogen and oxygen atoms in total. The number of ether oxygens (including phenoxy) is 1. The van der Waals surface area contributed by atoms with Gasteiger partial charge in [0.2, 0.25) is 0 Å². The van der Waals surface area contributed by atoms with Gasteiger partial charge in [-0.25, -0.2) is 13.2 Å². The molecule has 1 aliphatic heterocycles. The van der Waals surface area contributed by atoms with E-state index in [1.54, 1.807) is 6.08 Å². The maximum atomic E-state index is 14.9. The van der Waals surface area contributed by atoms with Gasteiger partial charge in [-0.05, 0) is 104 Å². The third-order valence-corrected chi connectivity index (χ3v) is 8.99. The summed E-state index contributed by atoms with van der Waals surface area (Å²) in [6, 6.07) is 3.64. The topological polar surface area (TPSA) is 12.5 Å². The second-order valence-corrected chi connectivity index (χ2v) is 11.0. The van der Waals surface area contributed by atoms with Crippen LogP contribution in [0.1, 0.15) is 81.3 Å². The predicted octanol–water partition coefficient (Wildman–Crippen LogP) is 8.36. The Morgan fingerprint density at radius 1 is 0.941 bits per heavy atom. The number of epoxide rings is 1. The van der Waals surface area contributed by atoms with Crippen LogP contribution in [-0.4, -0.2) is 12.7 Å². The van der Waals surface area contributed by atoms with Gasteiger partial charge in [-0.1, -0.05) is 37.1 Å². The first kappa shape index (κ1) is 23.9. The normalized spacial score (nSPS) is 33.7. The predicted molar refractivity (Wildman–Crippen MR) is 130 cm³/mol.